The van der Waals surface area contributed by atoms with Gasteiger partial charge in [-0.05, 0) is 51.4 Å². The van der Waals surface area contributed by atoms with Crippen molar-refractivity contribution >= 4 is 11.6 Å². The summed E-state index contributed by atoms with van der Waals surface area (Å²) >= 11 is 0. The van der Waals surface area contributed by atoms with Gasteiger partial charge in [0, 0.05) is 5.56 Å². The van der Waals surface area contributed by atoms with Crippen LogP contribution in [0.25, 0.3) is 11.1 Å². The fraction of sp³-hybridized carbons (Fsp3) is 0.188. The molecule has 0 aromatic heterocycles. The van der Waals surface area contributed by atoms with Gasteiger partial charge in [0.05, 0.1) is 23.9 Å². The molecule has 1 unspecified atom stereocenters. The summed E-state index contributed by atoms with van der Waals surface area (Å²) in [7, 11) is 0. The molecule has 4 nitrogen and oxygen atoms in total. The standard InChI is InChI=1S/C32H28N2O2/c1-31(2,3)26-16-11-24(12-17-26)25-13-18-28-29(19-25)34(21-23-7-5-4-6-8-23)30(35)32(28,36)27-14-9-22(20-33)10-15-27/h4-19,36H,21H2,1-3H3. The minimum absolute atomic E-state index is 0.0625. The Kier molecular flexibility index (Phi) is 5.74. The topological polar surface area (TPSA) is 64.3 Å². The Labute approximate surface area is 212 Å². The van der Waals surface area contributed by atoms with E-state index in [1.807, 2.05) is 48.5 Å². The van der Waals surface area contributed by atoms with Gasteiger partial charge in [-0.1, -0.05) is 99.6 Å². The Morgan fingerprint density at radius 3 is 2.11 bits per heavy atom. The van der Waals surface area contributed by atoms with Crippen LogP contribution in [0.5, 0.6) is 0 Å². The first-order valence-electron chi connectivity index (χ1n) is 12.1. The number of hydrogen-bond acceptors (Lipinski definition) is 3. The molecule has 0 aliphatic carbocycles. The molecule has 4 aromatic carbocycles. The average Bonchev–Trinajstić information content (AvgIpc) is 3.11. The van der Waals surface area contributed by atoms with E-state index in [9.17, 15) is 15.2 Å². The number of nitriles is 1. The van der Waals surface area contributed by atoms with E-state index in [0.29, 0.717) is 28.9 Å². The highest BCUT2D eigenvalue weighted by molar-refractivity contribution is 6.09. The van der Waals surface area contributed by atoms with Crippen LogP contribution < -0.4 is 4.90 Å². The molecule has 4 aromatic rings. The van der Waals surface area contributed by atoms with E-state index < -0.39 is 11.5 Å². The molecule has 1 atom stereocenters. The summed E-state index contributed by atoms with van der Waals surface area (Å²) in [6, 6.07) is 32.7. The highest BCUT2D eigenvalue weighted by atomic mass is 16.3. The van der Waals surface area contributed by atoms with Gasteiger partial charge in [0.2, 0.25) is 0 Å². The normalized spacial score (nSPS) is 17.1. The zero-order valence-corrected chi connectivity index (χ0v) is 20.7. The van der Waals surface area contributed by atoms with E-state index in [1.54, 1.807) is 29.2 Å². The Balaban J connectivity index is 1.62. The maximum absolute atomic E-state index is 13.9. The van der Waals surface area contributed by atoms with Crippen LogP contribution in [0.1, 0.15) is 48.6 Å². The lowest BCUT2D eigenvalue weighted by molar-refractivity contribution is -0.132. The molecule has 0 fully saturated rings. The molecule has 36 heavy (non-hydrogen) atoms. The van der Waals surface area contributed by atoms with Crippen LogP contribution in [0, 0.1) is 11.3 Å². The second-order valence-electron chi connectivity index (χ2n) is 10.3. The first-order chi connectivity index (χ1) is 17.2. The highest BCUT2D eigenvalue weighted by Crippen LogP contribution is 2.46. The Morgan fingerprint density at radius 2 is 1.50 bits per heavy atom. The number of anilines is 1. The van der Waals surface area contributed by atoms with Crippen molar-refractivity contribution < 1.29 is 9.90 Å². The largest absolute Gasteiger partial charge is 0.372 e. The number of rotatable bonds is 4. The van der Waals surface area contributed by atoms with Crippen molar-refractivity contribution in [1.82, 2.24) is 0 Å². The summed E-state index contributed by atoms with van der Waals surface area (Å²) < 4.78 is 0. The summed E-state index contributed by atoms with van der Waals surface area (Å²) in [5.74, 6) is -0.397. The van der Waals surface area contributed by atoms with Gasteiger partial charge < -0.3 is 10.0 Å². The van der Waals surface area contributed by atoms with E-state index in [2.05, 4.69) is 51.1 Å². The van der Waals surface area contributed by atoms with Crippen LogP contribution in [-0.2, 0) is 22.4 Å². The third-order valence-corrected chi connectivity index (χ3v) is 6.93. The zero-order valence-electron chi connectivity index (χ0n) is 20.7. The minimum atomic E-state index is -1.83. The lowest BCUT2D eigenvalue weighted by Crippen LogP contribution is -2.40. The molecular formula is C32H28N2O2. The Bertz CT molecular complexity index is 1460. The van der Waals surface area contributed by atoms with Gasteiger partial charge in [0.15, 0.2) is 5.60 Å². The van der Waals surface area contributed by atoms with Gasteiger partial charge in [-0.2, -0.15) is 5.26 Å². The zero-order chi connectivity index (χ0) is 25.5. The van der Waals surface area contributed by atoms with Gasteiger partial charge in [-0.3, -0.25) is 4.79 Å². The van der Waals surface area contributed by atoms with E-state index in [1.165, 1.54) is 5.56 Å². The molecule has 0 saturated heterocycles. The SMILES string of the molecule is CC(C)(C)c1ccc(-c2ccc3c(c2)N(Cc2ccccc2)C(=O)C3(O)c2ccc(C#N)cc2)cc1. The summed E-state index contributed by atoms with van der Waals surface area (Å²) in [6.45, 7) is 6.91. The summed E-state index contributed by atoms with van der Waals surface area (Å²) in [5.41, 5.74) is 4.64. The lowest BCUT2D eigenvalue weighted by atomic mass is 9.85. The molecule has 0 radical (unpaired) electrons. The van der Waals surface area contributed by atoms with E-state index in [4.69, 9.17) is 0 Å². The quantitative estimate of drug-likeness (QED) is 0.379. The molecule has 178 valence electrons. The first-order valence-corrected chi connectivity index (χ1v) is 12.1. The molecule has 0 saturated carbocycles. The number of carbonyl (C=O) groups is 1. The summed E-state index contributed by atoms with van der Waals surface area (Å²) in [6.07, 6.45) is 0. The van der Waals surface area contributed by atoms with Crippen molar-refractivity contribution in [2.24, 2.45) is 0 Å². The average molecular weight is 473 g/mol. The summed E-state index contributed by atoms with van der Waals surface area (Å²) in [4.78, 5) is 15.5. The van der Waals surface area contributed by atoms with E-state index >= 15 is 0 Å². The molecule has 1 N–H and O–H groups in total. The number of fused-ring (bicyclic) bond motifs is 1. The van der Waals surface area contributed by atoms with Crippen LogP contribution in [-0.4, -0.2) is 11.0 Å². The number of nitrogens with zero attached hydrogens (tertiary/aromatic N) is 2. The smallest absolute Gasteiger partial charge is 0.268 e. The van der Waals surface area contributed by atoms with Gasteiger partial charge in [0.1, 0.15) is 0 Å². The maximum atomic E-state index is 13.9. The fourth-order valence-electron chi connectivity index (χ4n) is 4.81. The Hall–Kier alpha value is -4.20. The van der Waals surface area contributed by atoms with Crippen LogP contribution in [0.2, 0.25) is 0 Å². The predicted octanol–water partition coefficient (Wildman–Crippen LogP) is 6.31. The molecule has 5 rings (SSSR count). The monoisotopic (exact) mass is 472 g/mol. The first kappa shape index (κ1) is 23.5. The van der Waals surface area contributed by atoms with Crippen molar-refractivity contribution in [2.45, 2.75) is 38.3 Å². The molecule has 1 aliphatic rings. The van der Waals surface area contributed by atoms with Crippen LogP contribution in [0.3, 0.4) is 0 Å². The maximum Gasteiger partial charge on any atom is 0.268 e. The molecular weight excluding hydrogens is 444 g/mol. The van der Waals surface area contributed by atoms with Gasteiger partial charge >= 0.3 is 0 Å². The van der Waals surface area contributed by atoms with Crippen LogP contribution >= 0.6 is 0 Å². The van der Waals surface area contributed by atoms with Crippen molar-refractivity contribution in [3.63, 3.8) is 0 Å². The van der Waals surface area contributed by atoms with E-state index in [-0.39, 0.29) is 5.41 Å². The lowest BCUT2D eigenvalue weighted by Gasteiger charge is -2.24. The van der Waals surface area contributed by atoms with Crippen molar-refractivity contribution in [3.8, 4) is 17.2 Å². The van der Waals surface area contributed by atoms with Crippen molar-refractivity contribution in [1.29, 1.82) is 5.26 Å². The Morgan fingerprint density at radius 1 is 0.861 bits per heavy atom. The number of hydrogen-bond donors (Lipinski definition) is 1. The minimum Gasteiger partial charge on any atom is -0.372 e. The summed E-state index contributed by atoms with van der Waals surface area (Å²) in [5, 5.41) is 21.1. The number of benzene rings is 4. The molecule has 1 heterocycles. The van der Waals surface area contributed by atoms with Crippen molar-refractivity contribution in [2.75, 3.05) is 4.90 Å². The highest BCUT2D eigenvalue weighted by Gasteiger charge is 2.51. The predicted molar refractivity (Wildman–Crippen MR) is 142 cm³/mol. The molecule has 0 bridgehead atoms. The molecule has 0 spiro atoms. The third kappa shape index (κ3) is 3.98. The van der Waals surface area contributed by atoms with Gasteiger partial charge in [-0.15, -0.1) is 0 Å². The van der Waals surface area contributed by atoms with Crippen molar-refractivity contribution in [3.05, 3.63) is 125 Å². The fourth-order valence-corrected chi connectivity index (χ4v) is 4.81. The molecule has 1 amide bonds. The van der Waals surface area contributed by atoms with Crippen LogP contribution in [0.4, 0.5) is 5.69 Å². The van der Waals surface area contributed by atoms with Crippen LogP contribution in [0.15, 0.2) is 97.1 Å². The second-order valence-corrected chi connectivity index (χ2v) is 10.3. The second kappa shape index (κ2) is 8.78. The molecule has 4 heteroatoms. The van der Waals surface area contributed by atoms with E-state index in [0.717, 1.165) is 16.7 Å². The van der Waals surface area contributed by atoms with Gasteiger partial charge in [0.25, 0.3) is 5.91 Å². The number of aliphatic hydroxyl groups is 1. The van der Waals surface area contributed by atoms with Gasteiger partial charge in [-0.25, -0.2) is 0 Å². The molecule has 1 aliphatic heterocycles. The number of carbonyl (C=O) groups excluding carboxylic acids is 1. The third-order valence-electron chi connectivity index (χ3n) is 6.93. The number of amides is 1.